The summed E-state index contributed by atoms with van der Waals surface area (Å²) < 4.78 is 5.38. The lowest BCUT2D eigenvalue weighted by atomic mass is 10.1. The van der Waals surface area contributed by atoms with Gasteiger partial charge in [0.25, 0.3) is 5.91 Å². The van der Waals surface area contributed by atoms with Gasteiger partial charge in [0.1, 0.15) is 10.6 Å². The molecule has 19 heavy (non-hydrogen) atoms. The number of amides is 1. The summed E-state index contributed by atoms with van der Waals surface area (Å²) in [6, 6.07) is 2.13. The van der Waals surface area contributed by atoms with Gasteiger partial charge in [-0.1, -0.05) is 0 Å². The van der Waals surface area contributed by atoms with Gasteiger partial charge in [-0.2, -0.15) is 0 Å². The largest absolute Gasteiger partial charge is 0.480 e. The molecule has 104 valence electrons. The quantitative estimate of drug-likeness (QED) is 0.583. The van der Waals surface area contributed by atoms with Crippen LogP contribution in [0.1, 0.15) is 23.2 Å². The summed E-state index contributed by atoms with van der Waals surface area (Å²) in [5, 5.41) is 11.5. The van der Waals surface area contributed by atoms with Crippen molar-refractivity contribution >= 4 is 27.8 Å². The number of nitrogens with zero attached hydrogens (tertiary/aromatic N) is 1. The molecule has 0 saturated carbocycles. The molecule has 1 aromatic heterocycles. The number of carbonyl (C=O) groups is 2. The molecule has 0 aliphatic carbocycles. The standard InChI is InChI=1S/C12H15BrN2O4/c1-19-6-2-3-9(12(17)18)15-11(16)8-4-5-14-10(13)7-8/h4-5,7,9H,2-3,6H2,1H3,(H,15,16)(H,17,18). The second-order valence-electron chi connectivity index (χ2n) is 3.87. The highest BCUT2D eigenvalue weighted by Gasteiger charge is 2.20. The first-order chi connectivity index (χ1) is 9.04. The van der Waals surface area contributed by atoms with Crippen molar-refractivity contribution in [3.8, 4) is 0 Å². The van der Waals surface area contributed by atoms with Crippen LogP contribution >= 0.6 is 15.9 Å². The van der Waals surface area contributed by atoms with Crippen LogP contribution in [0.4, 0.5) is 0 Å². The Kier molecular flexibility index (Phi) is 6.44. The minimum atomic E-state index is -1.06. The van der Waals surface area contributed by atoms with Gasteiger partial charge in [-0.05, 0) is 40.9 Å². The Hall–Kier alpha value is -1.47. The van der Waals surface area contributed by atoms with Crippen molar-refractivity contribution in [2.45, 2.75) is 18.9 Å². The third-order valence-electron chi connectivity index (χ3n) is 2.43. The van der Waals surface area contributed by atoms with Gasteiger partial charge in [0, 0.05) is 25.5 Å². The van der Waals surface area contributed by atoms with Crippen molar-refractivity contribution in [1.82, 2.24) is 10.3 Å². The van der Waals surface area contributed by atoms with E-state index in [0.717, 1.165) is 0 Å². The smallest absolute Gasteiger partial charge is 0.326 e. The van der Waals surface area contributed by atoms with Gasteiger partial charge in [-0.15, -0.1) is 0 Å². The summed E-state index contributed by atoms with van der Waals surface area (Å²) in [4.78, 5) is 26.8. The molecule has 0 saturated heterocycles. The van der Waals surface area contributed by atoms with Crippen LogP contribution in [0.5, 0.6) is 0 Å². The van der Waals surface area contributed by atoms with Gasteiger partial charge in [0.05, 0.1) is 0 Å². The number of rotatable bonds is 7. The van der Waals surface area contributed by atoms with Crippen LogP contribution < -0.4 is 5.32 Å². The van der Waals surface area contributed by atoms with E-state index >= 15 is 0 Å². The lowest BCUT2D eigenvalue weighted by Gasteiger charge is -2.14. The predicted molar refractivity (Wildman–Crippen MR) is 71.9 cm³/mol. The van der Waals surface area contributed by atoms with E-state index in [1.165, 1.54) is 18.3 Å². The van der Waals surface area contributed by atoms with E-state index in [2.05, 4.69) is 26.2 Å². The lowest BCUT2D eigenvalue weighted by molar-refractivity contribution is -0.139. The average molecular weight is 331 g/mol. The van der Waals surface area contributed by atoms with Gasteiger partial charge in [0.15, 0.2) is 0 Å². The van der Waals surface area contributed by atoms with Gasteiger partial charge in [0.2, 0.25) is 0 Å². The molecule has 7 heteroatoms. The van der Waals surface area contributed by atoms with Crippen LogP contribution in [0.15, 0.2) is 22.9 Å². The fourth-order valence-electron chi connectivity index (χ4n) is 1.47. The Morgan fingerprint density at radius 3 is 2.89 bits per heavy atom. The number of carbonyl (C=O) groups excluding carboxylic acids is 1. The van der Waals surface area contributed by atoms with E-state index in [1.54, 1.807) is 7.11 Å². The number of aromatic nitrogens is 1. The zero-order valence-electron chi connectivity index (χ0n) is 10.4. The van der Waals surface area contributed by atoms with Gasteiger partial charge < -0.3 is 15.2 Å². The number of nitrogens with one attached hydrogen (secondary N) is 1. The van der Waals surface area contributed by atoms with Crippen molar-refractivity contribution < 1.29 is 19.4 Å². The SMILES string of the molecule is COCCCC(NC(=O)c1ccnc(Br)c1)C(=O)O. The second-order valence-corrected chi connectivity index (χ2v) is 4.68. The summed E-state index contributed by atoms with van der Waals surface area (Å²) in [5.74, 6) is -1.49. The molecule has 1 amide bonds. The molecule has 0 fully saturated rings. The molecule has 1 aromatic rings. The molecule has 1 heterocycles. The van der Waals surface area contributed by atoms with Crippen molar-refractivity contribution in [3.05, 3.63) is 28.5 Å². The number of methoxy groups -OCH3 is 1. The van der Waals surface area contributed by atoms with Gasteiger partial charge >= 0.3 is 5.97 Å². The van der Waals surface area contributed by atoms with Crippen molar-refractivity contribution in [2.24, 2.45) is 0 Å². The highest BCUT2D eigenvalue weighted by molar-refractivity contribution is 9.10. The molecule has 0 aromatic carbocycles. The van der Waals surface area contributed by atoms with Gasteiger partial charge in [-0.25, -0.2) is 9.78 Å². The fourth-order valence-corrected chi connectivity index (χ4v) is 1.84. The van der Waals surface area contributed by atoms with E-state index < -0.39 is 17.9 Å². The van der Waals surface area contributed by atoms with E-state index in [-0.39, 0.29) is 0 Å². The number of pyridine rings is 1. The molecule has 0 aliphatic rings. The topological polar surface area (TPSA) is 88.5 Å². The first-order valence-electron chi connectivity index (χ1n) is 5.68. The van der Waals surface area contributed by atoms with Crippen LogP contribution in [-0.2, 0) is 9.53 Å². The molecule has 6 nitrogen and oxygen atoms in total. The monoisotopic (exact) mass is 330 g/mol. The first-order valence-corrected chi connectivity index (χ1v) is 6.48. The summed E-state index contributed by atoms with van der Waals surface area (Å²) in [6.45, 7) is 0.459. The average Bonchev–Trinajstić information content (AvgIpc) is 2.37. The van der Waals surface area contributed by atoms with Crippen LogP contribution in [0.25, 0.3) is 0 Å². The molecule has 0 radical (unpaired) electrons. The highest BCUT2D eigenvalue weighted by atomic mass is 79.9. The Balaban J connectivity index is 2.63. The first kappa shape index (κ1) is 15.6. The molecule has 1 rings (SSSR count). The molecule has 2 N–H and O–H groups in total. The third kappa shape index (κ3) is 5.35. The third-order valence-corrected chi connectivity index (χ3v) is 2.87. The number of carboxylic acids is 1. The molecule has 1 unspecified atom stereocenters. The van der Waals surface area contributed by atoms with Crippen LogP contribution in [0.2, 0.25) is 0 Å². The number of hydrogen-bond acceptors (Lipinski definition) is 4. The van der Waals surface area contributed by atoms with Crippen LogP contribution in [0, 0.1) is 0 Å². The normalized spacial score (nSPS) is 11.9. The van der Waals surface area contributed by atoms with E-state index in [0.29, 0.717) is 29.6 Å². The fraction of sp³-hybridized carbons (Fsp3) is 0.417. The number of carboxylic acid groups (broad SMARTS) is 1. The predicted octanol–water partition coefficient (Wildman–Crippen LogP) is 1.45. The van der Waals surface area contributed by atoms with E-state index in [1.807, 2.05) is 0 Å². The maximum absolute atomic E-state index is 11.9. The zero-order chi connectivity index (χ0) is 14.3. The summed E-state index contributed by atoms with van der Waals surface area (Å²) in [6.07, 6.45) is 2.36. The lowest BCUT2D eigenvalue weighted by Crippen LogP contribution is -2.40. The second kappa shape index (κ2) is 7.85. The Labute approximate surface area is 119 Å². The van der Waals surface area contributed by atoms with E-state index in [9.17, 15) is 9.59 Å². The number of hydrogen-bond donors (Lipinski definition) is 2. The maximum Gasteiger partial charge on any atom is 0.326 e. The molecule has 0 aliphatic heterocycles. The summed E-state index contributed by atoms with van der Waals surface area (Å²) in [5.41, 5.74) is 0.361. The van der Waals surface area contributed by atoms with Crippen molar-refractivity contribution in [1.29, 1.82) is 0 Å². The minimum absolute atomic E-state index is 0.321. The van der Waals surface area contributed by atoms with E-state index in [4.69, 9.17) is 9.84 Å². The number of aliphatic carboxylic acids is 1. The molecule has 1 atom stereocenters. The Morgan fingerprint density at radius 2 is 2.32 bits per heavy atom. The van der Waals surface area contributed by atoms with Crippen LogP contribution in [-0.4, -0.2) is 41.7 Å². The number of halogens is 1. The van der Waals surface area contributed by atoms with Crippen molar-refractivity contribution in [3.63, 3.8) is 0 Å². The Morgan fingerprint density at radius 1 is 1.58 bits per heavy atom. The maximum atomic E-state index is 11.9. The molecule has 0 spiro atoms. The highest BCUT2D eigenvalue weighted by Crippen LogP contribution is 2.09. The number of ether oxygens (including phenoxy) is 1. The molecular formula is C12H15BrN2O4. The zero-order valence-corrected chi connectivity index (χ0v) is 12.0. The van der Waals surface area contributed by atoms with Gasteiger partial charge in [-0.3, -0.25) is 4.79 Å². The summed E-state index contributed by atoms with van der Waals surface area (Å²) in [7, 11) is 1.54. The van der Waals surface area contributed by atoms with Crippen molar-refractivity contribution in [2.75, 3.05) is 13.7 Å². The minimum Gasteiger partial charge on any atom is -0.480 e. The molecule has 0 bridgehead atoms. The molecular weight excluding hydrogens is 316 g/mol. The summed E-state index contributed by atoms with van der Waals surface area (Å²) >= 11 is 3.15. The Bertz CT molecular complexity index is 453. The van der Waals surface area contributed by atoms with Crippen LogP contribution in [0.3, 0.4) is 0 Å².